The molecule has 2 aliphatic carbocycles. The van der Waals surface area contributed by atoms with Crippen LogP contribution in [0.4, 0.5) is 0 Å². The minimum absolute atomic E-state index is 0.160. The van der Waals surface area contributed by atoms with Gasteiger partial charge in [0, 0.05) is 17.8 Å². The summed E-state index contributed by atoms with van der Waals surface area (Å²) in [4.78, 5) is 0. The fourth-order valence-corrected chi connectivity index (χ4v) is 4.04. The lowest BCUT2D eigenvalue weighted by Gasteiger charge is -2.32. The summed E-state index contributed by atoms with van der Waals surface area (Å²) >= 11 is 0. The first kappa shape index (κ1) is 15.4. The quantitative estimate of drug-likeness (QED) is 0.570. The Hall–Kier alpha value is -1.04. The number of rotatable bonds is 2. The van der Waals surface area contributed by atoms with Crippen molar-refractivity contribution in [2.45, 2.75) is 62.3 Å². The molecule has 0 aliphatic heterocycles. The largest absolute Gasteiger partial charge is 0.0604 e. The van der Waals surface area contributed by atoms with Crippen molar-refractivity contribution in [2.75, 3.05) is 0 Å². The summed E-state index contributed by atoms with van der Waals surface area (Å²) in [5, 5.41) is 0. The average Bonchev–Trinajstić information content (AvgIpc) is 2.68. The highest BCUT2D eigenvalue weighted by atomic mass is 14.5. The van der Waals surface area contributed by atoms with E-state index in [2.05, 4.69) is 68.7 Å². The standard InChI is InChI=1S/C20H28/c1-10-17-13(4)11(2)14(5)18(17)19-15(6)12(3)16(7)20(19,8)9/h18H,1-9H3. The Bertz CT molecular complexity index is 586. The Labute approximate surface area is 125 Å². The van der Waals surface area contributed by atoms with Gasteiger partial charge in [0.1, 0.15) is 0 Å². The zero-order valence-electron chi connectivity index (χ0n) is 14.6. The predicted molar refractivity (Wildman–Crippen MR) is 88.3 cm³/mol. The normalized spacial score (nSPS) is 26.6. The first-order valence-corrected chi connectivity index (χ1v) is 7.62. The van der Waals surface area contributed by atoms with Crippen LogP contribution in [0.2, 0.25) is 0 Å². The Morgan fingerprint density at radius 2 is 1.35 bits per heavy atom. The molecule has 0 spiro atoms. The maximum absolute atomic E-state index is 3.47. The van der Waals surface area contributed by atoms with E-state index in [0.717, 1.165) is 0 Å². The van der Waals surface area contributed by atoms with Crippen LogP contribution in [0.3, 0.4) is 0 Å². The molecule has 2 aliphatic rings. The van der Waals surface area contributed by atoms with Gasteiger partial charge in [0.2, 0.25) is 0 Å². The summed E-state index contributed by atoms with van der Waals surface area (Å²) in [6.07, 6.45) is 3.47. The molecule has 0 nitrogen and oxygen atoms in total. The second-order valence-electron chi connectivity index (χ2n) is 6.94. The Morgan fingerprint density at radius 3 is 1.75 bits per heavy atom. The summed E-state index contributed by atoms with van der Waals surface area (Å²) in [7, 11) is 0. The molecular formula is C20H28. The first-order chi connectivity index (χ1) is 9.16. The van der Waals surface area contributed by atoms with Gasteiger partial charge in [-0.05, 0) is 75.0 Å². The predicted octanol–water partition coefficient (Wildman–Crippen LogP) is 6.06. The van der Waals surface area contributed by atoms with Crippen LogP contribution in [0, 0.1) is 17.8 Å². The van der Waals surface area contributed by atoms with E-state index in [9.17, 15) is 0 Å². The van der Waals surface area contributed by atoms with Crippen LogP contribution in [-0.4, -0.2) is 0 Å². The van der Waals surface area contributed by atoms with Crippen LogP contribution in [0.1, 0.15) is 62.3 Å². The number of allylic oxidation sites excluding steroid dienone is 8. The Balaban J connectivity index is 2.65. The van der Waals surface area contributed by atoms with Gasteiger partial charge in [-0.15, -0.1) is 0 Å². The molecule has 0 amide bonds. The van der Waals surface area contributed by atoms with Crippen molar-refractivity contribution in [3.8, 4) is 0 Å². The van der Waals surface area contributed by atoms with Gasteiger partial charge < -0.3 is 0 Å². The maximum Gasteiger partial charge on any atom is 0.0246 e. The second-order valence-corrected chi connectivity index (χ2v) is 6.94. The lowest BCUT2D eigenvalue weighted by atomic mass is 9.71. The van der Waals surface area contributed by atoms with Crippen LogP contribution < -0.4 is 0 Å². The molecule has 1 atom stereocenters. The molecule has 0 saturated heterocycles. The molecule has 0 N–H and O–H groups in total. The third kappa shape index (κ3) is 1.80. The lowest BCUT2D eigenvalue weighted by Crippen LogP contribution is -2.22. The molecule has 0 aromatic carbocycles. The van der Waals surface area contributed by atoms with E-state index >= 15 is 0 Å². The lowest BCUT2D eigenvalue weighted by molar-refractivity contribution is 0.502. The molecule has 0 saturated carbocycles. The van der Waals surface area contributed by atoms with Crippen molar-refractivity contribution >= 4 is 0 Å². The summed E-state index contributed by atoms with van der Waals surface area (Å²) in [5.74, 6) is 0.433. The fourth-order valence-electron chi connectivity index (χ4n) is 4.04. The van der Waals surface area contributed by atoms with Gasteiger partial charge in [-0.3, -0.25) is 0 Å². The third-order valence-corrected chi connectivity index (χ3v) is 5.98. The van der Waals surface area contributed by atoms with Gasteiger partial charge in [-0.2, -0.15) is 0 Å². The summed E-state index contributed by atoms with van der Waals surface area (Å²) in [5.41, 5.74) is 12.0. The van der Waals surface area contributed by atoms with E-state index in [-0.39, 0.29) is 5.41 Å². The van der Waals surface area contributed by atoms with Crippen molar-refractivity contribution in [1.82, 2.24) is 0 Å². The molecule has 0 aromatic rings. The van der Waals surface area contributed by atoms with E-state index in [0.29, 0.717) is 5.92 Å². The molecule has 0 heterocycles. The van der Waals surface area contributed by atoms with Crippen molar-refractivity contribution < 1.29 is 0 Å². The molecule has 0 heteroatoms. The highest BCUT2D eigenvalue weighted by Crippen LogP contribution is 2.55. The molecule has 0 bridgehead atoms. The van der Waals surface area contributed by atoms with Gasteiger partial charge in [-0.1, -0.05) is 31.9 Å². The van der Waals surface area contributed by atoms with Crippen LogP contribution >= 0.6 is 0 Å². The van der Waals surface area contributed by atoms with Crippen molar-refractivity contribution in [3.63, 3.8) is 0 Å². The number of hydrogen-bond acceptors (Lipinski definition) is 0. The Morgan fingerprint density at radius 1 is 0.800 bits per heavy atom. The molecule has 0 fully saturated rings. The van der Waals surface area contributed by atoms with Crippen LogP contribution in [-0.2, 0) is 0 Å². The molecule has 2 radical (unpaired) electrons. The van der Waals surface area contributed by atoms with Crippen LogP contribution in [0.5, 0.6) is 0 Å². The van der Waals surface area contributed by atoms with Crippen molar-refractivity contribution in [3.05, 3.63) is 51.0 Å². The van der Waals surface area contributed by atoms with Crippen molar-refractivity contribution in [2.24, 2.45) is 11.3 Å². The molecular weight excluding hydrogens is 240 g/mol. The SMILES string of the molecule is C[C]C1=C(C)C(C)=C(C)C1C1=C(C)C(C)=C(C)C1(C)C. The summed E-state index contributed by atoms with van der Waals surface area (Å²) in [6, 6.07) is 0. The van der Waals surface area contributed by atoms with Gasteiger partial charge in [0.15, 0.2) is 0 Å². The molecule has 20 heavy (non-hydrogen) atoms. The minimum Gasteiger partial charge on any atom is -0.0604 e. The van der Waals surface area contributed by atoms with Crippen LogP contribution in [0.15, 0.2) is 44.6 Å². The van der Waals surface area contributed by atoms with Gasteiger partial charge >= 0.3 is 0 Å². The summed E-state index contributed by atoms with van der Waals surface area (Å²) in [6.45, 7) is 20.5. The second kappa shape index (κ2) is 4.76. The summed E-state index contributed by atoms with van der Waals surface area (Å²) < 4.78 is 0. The highest BCUT2D eigenvalue weighted by molar-refractivity contribution is 5.61. The van der Waals surface area contributed by atoms with E-state index in [1.165, 1.54) is 39.0 Å². The van der Waals surface area contributed by atoms with Gasteiger partial charge in [-0.25, -0.2) is 0 Å². The molecule has 2 rings (SSSR count). The zero-order valence-corrected chi connectivity index (χ0v) is 14.6. The monoisotopic (exact) mass is 268 g/mol. The van der Waals surface area contributed by atoms with E-state index < -0.39 is 0 Å². The topological polar surface area (TPSA) is 0 Å². The fraction of sp³-hybridized carbons (Fsp3) is 0.550. The van der Waals surface area contributed by atoms with E-state index in [4.69, 9.17) is 0 Å². The molecule has 108 valence electrons. The molecule has 1 unspecified atom stereocenters. The van der Waals surface area contributed by atoms with E-state index in [1.54, 1.807) is 5.57 Å². The smallest absolute Gasteiger partial charge is 0.0246 e. The minimum atomic E-state index is 0.160. The highest BCUT2D eigenvalue weighted by Gasteiger charge is 2.42. The average molecular weight is 268 g/mol. The molecule has 0 aromatic heterocycles. The van der Waals surface area contributed by atoms with E-state index in [1.807, 2.05) is 0 Å². The van der Waals surface area contributed by atoms with Crippen molar-refractivity contribution in [1.29, 1.82) is 0 Å². The third-order valence-electron chi connectivity index (χ3n) is 5.98. The van der Waals surface area contributed by atoms with Gasteiger partial charge in [0.05, 0.1) is 0 Å². The number of hydrogen-bond donors (Lipinski definition) is 0. The maximum atomic E-state index is 3.47. The van der Waals surface area contributed by atoms with Gasteiger partial charge in [0.25, 0.3) is 0 Å². The first-order valence-electron chi connectivity index (χ1n) is 7.62. The zero-order chi connectivity index (χ0) is 15.4. The Kier molecular flexibility index (Phi) is 3.65. The van der Waals surface area contributed by atoms with Crippen LogP contribution in [0.25, 0.3) is 0 Å².